The number of hydrogen-bond donors (Lipinski definition) is 1. The maximum absolute atomic E-state index is 13.2. The highest BCUT2D eigenvalue weighted by molar-refractivity contribution is 7.90. The summed E-state index contributed by atoms with van der Waals surface area (Å²) in [6.07, 6.45) is 2.93. The Morgan fingerprint density at radius 1 is 0.939 bits per heavy atom. The molecular formula is C24H19Cl2N3O3S. The second kappa shape index (κ2) is 9.02. The summed E-state index contributed by atoms with van der Waals surface area (Å²) in [5, 5.41) is 8.28. The molecule has 1 N–H and O–H groups in total. The molecule has 33 heavy (non-hydrogen) atoms. The molecule has 0 aliphatic rings. The van der Waals surface area contributed by atoms with Crippen molar-refractivity contribution in [1.82, 2.24) is 9.78 Å². The molecule has 0 spiro atoms. The summed E-state index contributed by atoms with van der Waals surface area (Å²) < 4.78 is 25.9. The van der Waals surface area contributed by atoms with Gasteiger partial charge in [-0.25, -0.2) is 8.42 Å². The van der Waals surface area contributed by atoms with Gasteiger partial charge in [-0.2, -0.15) is 5.10 Å². The second-order valence-corrected chi connectivity index (χ2v) is 10.4. The number of nitrogens with zero attached hydrogens (tertiary/aromatic N) is 2. The highest BCUT2D eigenvalue weighted by Crippen LogP contribution is 2.31. The van der Waals surface area contributed by atoms with Crippen LogP contribution in [0.25, 0.3) is 22.4 Å². The number of aryl methyl sites for hydroxylation is 1. The van der Waals surface area contributed by atoms with Gasteiger partial charge in [0.25, 0.3) is 5.91 Å². The molecule has 0 saturated heterocycles. The van der Waals surface area contributed by atoms with Gasteiger partial charge < -0.3 is 5.32 Å². The van der Waals surface area contributed by atoms with Gasteiger partial charge in [-0.15, -0.1) is 0 Å². The van der Waals surface area contributed by atoms with Crippen LogP contribution < -0.4 is 5.32 Å². The minimum Gasteiger partial charge on any atom is -0.322 e. The highest BCUT2D eigenvalue weighted by atomic mass is 35.5. The molecule has 0 unspecified atom stereocenters. The quantitative estimate of drug-likeness (QED) is 0.380. The molecule has 6 nitrogen and oxygen atoms in total. The fraction of sp³-hybridized carbons (Fsp3) is 0.0833. The van der Waals surface area contributed by atoms with Crippen LogP contribution in [0.4, 0.5) is 5.69 Å². The zero-order valence-corrected chi connectivity index (χ0v) is 20.0. The third-order valence-corrected chi connectivity index (χ3v) is 6.72. The molecule has 1 heterocycles. The standard InChI is InChI=1S/C24H19Cl2N3O3S/c1-29-12-11-23(28-29)21-13-17(7-10-22(21)26)27-24(30)19-9-8-18(33(2,31)32)14-20(19)15-3-5-16(25)6-4-15/h3-14H,1-2H3,(H,27,30). The van der Waals surface area contributed by atoms with Crippen LogP contribution in [0.1, 0.15) is 10.4 Å². The first-order valence-electron chi connectivity index (χ1n) is 9.83. The number of halogens is 2. The lowest BCUT2D eigenvalue weighted by Gasteiger charge is -2.13. The molecule has 4 rings (SSSR count). The van der Waals surface area contributed by atoms with Crippen LogP contribution in [0, 0.1) is 0 Å². The Morgan fingerprint density at radius 3 is 2.30 bits per heavy atom. The molecule has 0 bridgehead atoms. The van der Waals surface area contributed by atoms with E-state index in [1.807, 2.05) is 13.1 Å². The number of sulfone groups is 1. The summed E-state index contributed by atoms with van der Waals surface area (Å²) in [5.41, 5.74) is 3.35. The van der Waals surface area contributed by atoms with E-state index in [0.717, 1.165) is 6.26 Å². The molecule has 0 saturated carbocycles. The van der Waals surface area contributed by atoms with Crippen LogP contribution in [0.3, 0.4) is 0 Å². The molecule has 0 aliphatic carbocycles. The van der Waals surface area contributed by atoms with E-state index < -0.39 is 15.7 Å². The van der Waals surface area contributed by atoms with Gasteiger partial charge in [0, 0.05) is 41.3 Å². The summed E-state index contributed by atoms with van der Waals surface area (Å²) in [7, 11) is -1.66. The van der Waals surface area contributed by atoms with Crippen molar-refractivity contribution in [2.75, 3.05) is 11.6 Å². The lowest BCUT2D eigenvalue weighted by atomic mass is 9.99. The SMILES string of the molecule is Cn1ccc(-c2cc(NC(=O)c3ccc(S(C)(=O)=O)cc3-c3ccc(Cl)cc3)ccc2Cl)n1. The third kappa shape index (κ3) is 5.11. The minimum atomic E-state index is -3.46. The molecule has 1 aromatic heterocycles. The van der Waals surface area contributed by atoms with Crippen molar-refractivity contribution in [3.05, 3.63) is 88.5 Å². The topological polar surface area (TPSA) is 81.1 Å². The van der Waals surface area contributed by atoms with Crippen LogP contribution in [0.5, 0.6) is 0 Å². The van der Waals surface area contributed by atoms with Crippen molar-refractivity contribution in [2.24, 2.45) is 7.05 Å². The van der Waals surface area contributed by atoms with E-state index in [2.05, 4.69) is 10.4 Å². The van der Waals surface area contributed by atoms with Gasteiger partial charge in [-0.3, -0.25) is 9.48 Å². The van der Waals surface area contributed by atoms with E-state index in [4.69, 9.17) is 23.2 Å². The molecular weight excluding hydrogens is 481 g/mol. The zero-order chi connectivity index (χ0) is 23.8. The van der Waals surface area contributed by atoms with Gasteiger partial charge in [0.1, 0.15) is 0 Å². The Balaban J connectivity index is 1.73. The second-order valence-electron chi connectivity index (χ2n) is 7.51. The fourth-order valence-corrected chi connectivity index (χ4v) is 4.36. The van der Waals surface area contributed by atoms with Gasteiger partial charge in [0.15, 0.2) is 9.84 Å². The molecule has 4 aromatic rings. The number of carbonyl (C=O) groups excluding carboxylic acids is 1. The molecule has 0 radical (unpaired) electrons. The first-order valence-corrected chi connectivity index (χ1v) is 12.5. The monoisotopic (exact) mass is 499 g/mol. The first kappa shape index (κ1) is 23.0. The van der Waals surface area contributed by atoms with Crippen molar-refractivity contribution >= 4 is 44.6 Å². The van der Waals surface area contributed by atoms with Crippen LogP contribution in [0.15, 0.2) is 77.8 Å². The molecule has 3 aromatic carbocycles. The first-order chi connectivity index (χ1) is 15.6. The van der Waals surface area contributed by atoms with Crippen molar-refractivity contribution in [3.63, 3.8) is 0 Å². The van der Waals surface area contributed by atoms with E-state index in [-0.39, 0.29) is 4.90 Å². The van der Waals surface area contributed by atoms with E-state index in [1.54, 1.807) is 53.3 Å². The maximum atomic E-state index is 13.2. The molecule has 1 amide bonds. The predicted molar refractivity (Wildman–Crippen MR) is 132 cm³/mol. The lowest BCUT2D eigenvalue weighted by Crippen LogP contribution is -2.14. The summed E-state index contributed by atoms with van der Waals surface area (Å²) >= 11 is 12.3. The molecule has 9 heteroatoms. The van der Waals surface area contributed by atoms with Crippen molar-refractivity contribution in [3.8, 4) is 22.4 Å². The van der Waals surface area contributed by atoms with Gasteiger partial charge >= 0.3 is 0 Å². The summed E-state index contributed by atoms with van der Waals surface area (Å²) in [6.45, 7) is 0. The Hall–Kier alpha value is -3.13. The van der Waals surface area contributed by atoms with Gasteiger partial charge in [-0.05, 0) is 65.7 Å². The fourth-order valence-electron chi connectivity index (χ4n) is 3.38. The van der Waals surface area contributed by atoms with Gasteiger partial charge in [-0.1, -0.05) is 35.3 Å². The Morgan fingerprint density at radius 2 is 1.67 bits per heavy atom. The van der Waals surface area contributed by atoms with Crippen molar-refractivity contribution in [1.29, 1.82) is 0 Å². The van der Waals surface area contributed by atoms with E-state index in [1.165, 1.54) is 18.2 Å². The number of anilines is 1. The number of nitrogens with one attached hydrogen (secondary N) is 1. The normalized spacial score (nSPS) is 11.4. The van der Waals surface area contributed by atoms with Gasteiger partial charge in [0.05, 0.1) is 15.6 Å². The average Bonchev–Trinajstić information content (AvgIpc) is 3.20. The number of rotatable bonds is 5. The maximum Gasteiger partial charge on any atom is 0.256 e. The zero-order valence-electron chi connectivity index (χ0n) is 17.7. The molecule has 168 valence electrons. The van der Waals surface area contributed by atoms with E-state index in [9.17, 15) is 13.2 Å². The van der Waals surface area contributed by atoms with Crippen LogP contribution in [-0.2, 0) is 16.9 Å². The van der Waals surface area contributed by atoms with Crippen molar-refractivity contribution < 1.29 is 13.2 Å². The number of hydrogen-bond acceptors (Lipinski definition) is 4. The summed E-state index contributed by atoms with van der Waals surface area (Å²) in [6, 6.07) is 18.2. The highest BCUT2D eigenvalue weighted by Gasteiger charge is 2.18. The minimum absolute atomic E-state index is 0.118. The Kier molecular flexibility index (Phi) is 6.30. The van der Waals surface area contributed by atoms with Gasteiger partial charge in [0.2, 0.25) is 0 Å². The molecule has 0 aliphatic heterocycles. The number of amides is 1. The van der Waals surface area contributed by atoms with E-state index in [0.29, 0.717) is 43.7 Å². The van der Waals surface area contributed by atoms with Crippen LogP contribution in [-0.4, -0.2) is 30.4 Å². The smallest absolute Gasteiger partial charge is 0.256 e. The van der Waals surface area contributed by atoms with Crippen LogP contribution >= 0.6 is 23.2 Å². The lowest BCUT2D eigenvalue weighted by molar-refractivity contribution is 0.102. The number of carbonyl (C=O) groups is 1. The number of benzene rings is 3. The molecule has 0 fully saturated rings. The largest absolute Gasteiger partial charge is 0.322 e. The Bertz CT molecular complexity index is 1460. The Labute approximate surface area is 201 Å². The summed E-state index contributed by atoms with van der Waals surface area (Å²) in [5.74, 6) is -0.394. The van der Waals surface area contributed by atoms with E-state index >= 15 is 0 Å². The van der Waals surface area contributed by atoms with Crippen LogP contribution in [0.2, 0.25) is 10.0 Å². The average molecular weight is 500 g/mol. The third-order valence-electron chi connectivity index (χ3n) is 5.03. The predicted octanol–water partition coefficient (Wildman–Crippen LogP) is 5.72. The number of aromatic nitrogens is 2. The summed E-state index contributed by atoms with van der Waals surface area (Å²) in [4.78, 5) is 13.4. The molecule has 0 atom stereocenters. The van der Waals surface area contributed by atoms with Crippen molar-refractivity contribution in [2.45, 2.75) is 4.90 Å².